The molecule has 0 atom stereocenters. The average molecular weight is 335 g/mol. The predicted molar refractivity (Wildman–Crippen MR) is 85.8 cm³/mol. The first kappa shape index (κ1) is 12.9. The van der Waals surface area contributed by atoms with Gasteiger partial charge in [-0.1, -0.05) is 18.2 Å². The molecule has 0 bridgehead atoms. The van der Waals surface area contributed by atoms with Crippen LogP contribution >= 0.6 is 27.3 Å². The average Bonchev–Trinajstić information content (AvgIpc) is 2.97. The Balaban J connectivity index is 2.06. The van der Waals surface area contributed by atoms with E-state index in [0.717, 1.165) is 13.0 Å². The Morgan fingerprint density at radius 1 is 1.21 bits per heavy atom. The molecule has 0 amide bonds. The minimum absolute atomic E-state index is 0.691. The van der Waals surface area contributed by atoms with Gasteiger partial charge in [0.15, 0.2) is 0 Å². The first-order chi connectivity index (χ1) is 9.29. The van der Waals surface area contributed by atoms with Crippen LogP contribution in [-0.4, -0.2) is 11.1 Å². The zero-order valence-corrected chi connectivity index (χ0v) is 12.9. The van der Waals surface area contributed by atoms with Crippen LogP contribution in [0, 0.1) is 0 Å². The van der Waals surface area contributed by atoms with Crippen LogP contribution in [0.15, 0.2) is 46.4 Å². The van der Waals surface area contributed by atoms with E-state index in [0.29, 0.717) is 6.54 Å². The van der Waals surface area contributed by atoms with E-state index in [9.17, 15) is 0 Å². The van der Waals surface area contributed by atoms with Crippen molar-refractivity contribution in [2.45, 2.75) is 13.0 Å². The standard InChI is InChI=1S/C15H15BrN2S/c16-13-6-8-19-15(13)10-18-9-11(5-7-17)12-3-1-2-4-14(12)18/h1-4,6,8-9H,5,7,10,17H2. The zero-order chi connectivity index (χ0) is 13.2. The van der Waals surface area contributed by atoms with E-state index in [-0.39, 0.29) is 0 Å². The second kappa shape index (κ2) is 5.49. The van der Waals surface area contributed by atoms with Crippen molar-refractivity contribution in [1.29, 1.82) is 0 Å². The number of aromatic nitrogens is 1. The monoisotopic (exact) mass is 334 g/mol. The number of hydrogen-bond acceptors (Lipinski definition) is 2. The molecule has 2 nitrogen and oxygen atoms in total. The molecular formula is C15H15BrN2S. The largest absolute Gasteiger partial charge is 0.342 e. The summed E-state index contributed by atoms with van der Waals surface area (Å²) in [6.45, 7) is 1.60. The molecule has 0 aliphatic carbocycles. The van der Waals surface area contributed by atoms with Crippen molar-refractivity contribution in [3.05, 3.63) is 56.8 Å². The molecule has 0 spiro atoms. The fraction of sp³-hybridized carbons (Fsp3) is 0.200. The molecule has 98 valence electrons. The molecule has 0 unspecified atom stereocenters. The molecule has 1 aromatic carbocycles. The van der Waals surface area contributed by atoms with Crippen molar-refractivity contribution in [1.82, 2.24) is 4.57 Å². The van der Waals surface area contributed by atoms with Gasteiger partial charge in [-0.25, -0.2) is 0 Å². The molecule has 0 fully saturated rings. The summed E-state index contributed by atoms with van der Waals surface area (Å²) in [6.07, 6.45) is 3.17. The summed E-state index contributed by atoms with van der Waals surface area (Å²) < 4.78 is 3.51. The molecule has 0 saturated heterocycles. The van der Waals surface area contributed by atoms with Gasteiger partial charge in [-0.3, -0.25) is 0 Å². The highest BCUT2D eigenvalue weighted by Gasteiger charge is 2.09. The summed E-state index contributed by atoms with van der Waals surface area (Å²) in [6, 6.07) is 10.6. The van der Waals surface area contributed by atoms with Gasteiger partial charge in [0.2, 0.25) is 0 Å². The maximum atomic E-state index is 5.71. The molecule has 0 saturated carbocycles. The van der Waals surface area contributed by atoms with Gasteiger partial charge in [0.25, 0.3) is 0 Å². The van der Waals surface area contributed by atoms with Crippen molar-refractivity contribution >= 4 is 38.2 Å². The van der Waals surface area contributed by atoms with Gasteiger partial charge >= 0.3 is 0 Å². The Morgan fingerprint density at radius 3 is 2.79 bits per heavy atom. The molecule has 3 rings (SSSR count). The maximum absolute atomic E-state index is 5.71. The predicted octanol–water partition coefficient (Wildman–Crippen LogP) is 4.01. The first-order valence-corrected chi connectivity index (χ1v) is 7.95. The normalized spacial score (nSPS) is 11.3. The summed E-state index contributed by atoms with van der Waals surface area (Å²) in [4.78, 5) is 1.35. The highest BCUT2D eigenvalue weighted by atomic mass is 79.9. The number of nitrogens with two attached hydrogens (primary N) is 1. The van der Waals surface area contributed by atoms with Crippen LogP contribution in [0.3, 0.4) is 0 Å². The lowest BCUT2D eigenvalue weighted by Gasteiger charge is -2.03. The number of fused-ring (bicyclic) bond motifs is 1. The smallest absolute Gasteiger partial charge is 0.0580 e. The summed E-state index contributed by atoms with van der Waals surface area (Å²) >= 11 is 5.39. The van der Waals surface area contributed by atoms with Gasteiger partial charge in [-0.15, -0.1) is 11.3 Å². The molecule has 0 aliphatic heterocycles. The third-order valence-corrected chi connectivity index (χ3v) is 5.20. The van der Waals surface area contributed by atoms with Gasteiger partial charge < -0.3 is 10.3 Å². The van der Waals surface area contributed by atoms with Crippen molar-refractivity contribution in [2.75, 3.05) is 6.54 Å². The van der Waals surface area contributed by atoms with Crippen LogP contribution in [-0.2, 0) is 13.0 Å². The van der Waals surface area contributed by atoms with Gasteiger partial charge in [0.1, 0.15) is 0 Å². The topological polar surface area (TPSA) is 30.9 Å². The van der Waals surface area contributed by atoms with Crippen molar-refractivity contribution in [3.63, 3.8) is 0 Å². The number of halogens is 1. The highest BCUT2D eigenvalue weighted by molar-refractivity contribution is 9.10. The lowest BCUT2D eigenvalue weighted by molar-refractivity contribution is 0.838. The maximum Gasteiger partial charge on any atom is 0.0580 e. The van der Waals surface area contributed by atoms with E-state index in [2.05, 4.69) is 62.4 Å². The van der Waals surface area contributed by atoms with Crippen LogP contribution in [0.1, 0.15) is 10.4 Å². The van der Waals surface area contributed by atoms with Crippen LogP contribution < -0.4 is 5.73 Å². The first-order valence-electron chi connectivity index (χ1n) is 6.28. The van der Waals surface area contributed by atoms with Gasteiger partial charge in [-0.2, -0.15) is 0 Å². The summed E-state index contributed by atoms with van der Waals surface area (Å²) in [5.41, 5.74) is 8.33. The lowest BCUT2D eigenvalue weighted by atomic mass is 10.1. The minimum atomic E-state index is 0.691. The SMILES string of the molecule is NCCc1cn(Cc2sccc2Br)c2ccccc12. The van der Waals surface area contributed by atoms with Crippen LogP contribution in [0.5, 0.6) is 0 Å². The zero-order valence-electron chi connectivity index (χ0n) is 10.5. The molecular weight excluding hydrogens is 320 g/mol. The van der Waals surface area contributed by atoms with Crippen LogP contribution in [0.2, 0.25) is 0 Å². The molecule has 3 aromatic rings. The molecule has 2 aromatic heterocycles. The second-order valence-corrected chi connectivity index (χ2v) is 6.38. The fourth-order valence-electron chi connectivity index (χ4n) is 2.40. The molecule has 2 heterocycles. The van der Waals surface area contributed by atoms with Gasteiger partial charge in [-0.05, 0) is 52.0 Å². The third kappa shape index (κ3) is 2.48. The Bertz CT molecular complexity index is 699. The van der Waals surface area contributed by atoms with E-state index in [1.165, 1.54) is 25.8 Å². The van der Waals surface area contributed by atoms with Crippen molar-refractivity contribution < 1.29 is 0 Å². The number of rotatable bonds is 4. The van der Waals surface area contributed by atoms with Crippen molar-refractivity contribution in [2.24, 2.45) is 5.73 Å². The van der Waals surface area contributed by atoms with Crippen molar-refractivity contribution in [3.8, 4) is 0 Å². The number of nitrogens with zero attached hydrogens (tertiary/aromatic N) is 1. The quantitative estimate of drug-likeness (QED) is 0.767. The van der Waals surface area contributed by atoms with Crippen LogP contribution in [0.4, 0.5) is 0 Å². The number of para-hydroxylation sites is 1. The minimum Gasteiger partial charge on any atom is -0.342 e. The molecule has 19 heavy (non-hydrogen) atoms. The lowest BCUT2D eigenvalue weighted by Crippen LogP contribution is -2.02. The summed E-state index contributed by atoms with van der Waals surface area (Å²) in [7, 11) is 0. The summed E-state index contributed by atoms with van der Waals surface area (Å²) in [5, 5.41) is 3.44. The third-order valence-electron chi connectivity index (χ3n) is 3.29. The van der Waals surface area contributed by atoms with E-state index in [1.807, 2.05) is 0 Å². The Kier molecular flexibility index (Phi) is 3.73. The van der Waals surface area contributed by atoms with E-state index in [4.69, 9.17) is 5.73 Å². The van der Waals surface area contributed by atoms with E-state index in [1.54, 1.807) is 11.3 Å². The highest BCUT2D eigenvalue weighted by Crippen LogP contribution is 2.27. The molecule has 4 heteroatoms. The molecule has 2 N–H and O–H groups in total. The van der Waals surface area contributed by atoms with E-state index >= 15 is 0 Å². The Labute approximate surface area is 125 Å². The fourth-order valence-corrected chi connectivity index (χ4v) is 3.88. The second-order valence-electron chi connectivity index (χ2n) is 4.53. The van der Waals surface area contributed by atoms with Gasteiger partial charge in [0.05, 0.1) is 6.54 Å². The number of hydrogen-bond donors (Lipinski definition) is 1. The summed E-state index contributed by atoms with van der Waals surface area (Å²) in [5.74, 6) is 0. The molecule has 0 aliphatic rings. The van der Waals surface area contributed by atoms with Crippen LogP contribution in [0.25, 0.3) is 10.9 Å². The Hall–Kier alpha value is -1.10. The Morgan fingerprint density at radius 2 is 2.05 bits per heavy atom. The molecule has 0 radical (unpaired) electrons. The van der Waals surface area contributed by atoms with Gasteiger partial charge in [0, 0.05) is 26.4 Å². The number of benzene rings is 1. The van der Waals surface area contributed by atoms with E-state index < -0.39 is 0 Å². The number of thiophene rings is 1.